The van der Waals surface area contributed by atoms with Crippen LogP contribution in [0.2, 0.25) is 0 Å². The third-order valence-corrected chi connectivity index (χ3v) is 6.54. The third kappa shape index (κ3) is 3.09. The van der Waals surface area contributed by atoms with Gasteiger partial charge in [0, 0.05) is 11.1 Å². The summed E-state index contributed by atoms with van der Waals surface area (Å²) in [6.45, 7) is 12.3. The van der Waals surface area contributed by atoms with E-state index in [0.717, 1.165) is 33.6 Å². The molecule has 0 amide bonds. The molecule has 3 aromatic carbocycles. The molecular formula is C29H27N2O2+. The molecule has 0 saturated carbocycles. The Hall–Kier alpha value is -3.79. The maximum atomic E-state index is 13.8. The first-order valence-electron chi connectivity index (χ1n) is 11.2. The highest BCUT2D eigenvalue weighted by Crippen LogP contribution is 2.31. The molecule has 164 valence electrons. The van der Waals surface area contributed by atoms with Crippen molar-refractivity contribution in [2.45, 2.75) is 41.5 Å². The molecule has 4 aromatic rings. The van der Waals surface area contributed by atoms with E-state index in [0.29, 0.717) is 22.5 Å². The molecule has 1 aliphatic carbocycles. The maximum absolute atomic E-state index is 13.8. The average Bonchev–Trinajstić information content (AvgIpc) is 3.10. The second-order valence-corrected chi connectivity index (χ2v) is 9.25. The lowest BCUT2D eigenvalue weighted by Crippen LogP contribution is -2.40. The first-order chi connectivity index (χ1) is 15.7. The minimum atomic E-state index is -0.124. The number of aryl methyl sites for hydroxylation is 6. The van der Waals surface area contributed by atoms with Crippen LogP contribution < -0.4 is 4.57 Å². The Kier molecular flexibility index (Phi) is 4.71. The third-order valence-electron chi connectivity index (χ3n) is 6.54. The smallest absolute Gasteiger partial charge is 0.255 e. The fourth-order valence-corrected chi connectivity index (χ4v) is 5.47. The summed E-state index contributed by atoms with van der Waals surface area (Å²) in [6, 6.07) is 15.6. The van der Waals surface area contributed by atoms with Crippen molar-refractivity contribution in [1.29, 1.82) is 0 Å². The second kappa shape index (κ2) is 7.38. The zero-order valence-corrected chi connectivity index (χ0v) is 19.9. The quantitative estimate of drug-likeness (QED) is 0.350. The summed E-state index contributed by atoms with van der Waals surface area (Å²) >= 11 is 0. The highest BCUT2D eigenvalue weighted by atomic mass is 16.1. The maximum Gasteiger partial charge on any atom is 0.255 e. The van der Waals surface area contributed by atoms with Gasteiger partial charge in [0.15, 0.2) is 0 Å². The van der Waals surface area contributed by atoms with Crippen molar-refractivity contribution in [3.63, 3.8) is 0 Å². The van der Waals surface area contributed by atoms with Crippen LogP contribution in [0.1, 0.15) is 65.5 Å². The van der Waals surface area contributed by atoms with Crippen molar-refractivity contribution in [2.24, 2.45) is 0 Å². The molecule has 0 spiro atoms. The highest BCUT2D eigenvalue weighted by Gasteiger charge is 2.43. The van der Waals surface area contributed by atoms with Gasteiger partial charge >= 0.3 is 0 Å². The van der Waals surface area contributed by atoms with Gasteiger partial charge in [-0.05, 0) is 63.8 Å². The van der Waals surface area contributed by atoms with Gasteiger partial charge in [0.1, 0.15) is 11.4 Å². The number of rotatable bonds is 2. The molecule has 1 aromatic heterocycles. The van der Waals surface area contributed by atoms with Crippen LogP contribution in [0, 0.1) is 41.5 Å². The molecule has 0 N–H and O–H groups in total. The Bertz CT molecular complexity index is 1350. The van der Waals surface area contributed by atoms with Gasteiger partial charge in [-0.25, -0.2) is 0 Å². The number of ketones is 2. The fourth-order valence-electron chi connectivity index (χ4n) is 5.47. The molecule has 0 fully saturated rings. The number of fused-ring (bicyclic) bond motifs is 2. The van der Waals surface area contributed by atoms with Crippen LogP contribution in [0.5, 0.6) is 0 Å². The zero-order chi connectivity index (χ0) is 23.6. The molecule has 0 aliphatic heterocycles. The summed E-state index contributed by atoms with van der Waals surface area (Å²) in [5, 5.41) is 0. The molecular weight excluding hydrogens is 408 g/mol. The van der Waals surface area contributed by atoms with E-state index < -0.39 is 0 Å². The summed E-state index contributed by atoms with van der Waals surface area (Å²) in [4.78, 5) is 27.6. The van der Waals surface area contributed by atoms with Gasteiger partial charge in [0.2, 0.25) is 23.0 Å². The lowest BCUT2D eigenvalue weighted by Gasteiger charge is -2.15. The van der Waals surface area contributed by atoms with Gasteiger partial charge in [-0.15, -0.1) is 0 Å². The number of hydrogen-bond acceptors (Lipinski definition) is 2. The molecule has 5 rings (SSSR count). The van der Waals surface area contributed by atoms with E-state index in [4.69, 9.17) is 0 Å². The van der Waals surface area contributed by atoms with Gasteiger partial charge in [-0.2, -0.15) is 9.13 Å². The Morgan fingerprint density at radius 2 is 1.15 bits per heavy atom. The van der Waals surface area contributed by atoms with E-state index in [1.54, 1.807) is 12.1 Å². The van der Waals surface area contributed by atoms with Crippen molar-refractivity contribution in [3.8, 4) is 11.4 Å². The topological polar surface area (TPSA) is 43.0 Å². The van der Waals surface area contributed by atoms with Crippen LogP contribution in [0.25, 0.3) is 11.4 Å². The lowest BCUT2D eigenvalue weighted by atomic mass is 9.89. The molecule has 0 radical (unpaired) electrons. The highest BCUT2D eigenvalue weighted by molar-refractivity contribution is 6.26. The number of hydrogen-bond donors (Lipinski definition) is 0. The standard InChI is InChI=1S/C29H27N2O2/c1-16-11-18(3)24(19(4)12-16)30-15-31(25-20(5)13-17(2)14-21(25)6)27-26(30)28(32)22-9-7-8-10-23(22)29(27)33/h7-15H,1-6H3/q+1. The Morgan fingerprint density at radius 3 is 1.70 bits per heavy atom. The van der Waals surface area contributed by atoms with Crippen LogP contribution in [0.15, 0.2) is 54.9 Å². The van der Waals surface area contributed by atoms with Gasteiger partial charge in [0.25, 0.3) is 6.33 Å². The van der Waals surface area contributed by atoms with Gasteiger partial charge in [-0.1, -0.05) is 59.7 Å². The summed E-state index contributed by atoms with van der Waals surface area (Å²) < 4.78 is 3.85. The van der Waals surface area contributed by atoms with E-state index in [2.05, 4.69) is 65.8 Å². The summed E-state index contributed by atoms with van der Waals surface area (Å²) in [6.07, 6.45) is 1.92. The van der Waals surface area contributed by atoms with E-state index in [1.165, 1.54) is 11.1 Å². The lowest BCUT2D eigenvalue weighted by molar-refractivity contribution is -0.597. The Morgan fingerprint density at radius 1 is 0.667 bits per heavy atom. The Balaban J connectivity index is 1.92. The van der Waals surface area contributed by atoms with Crippen molar-refractivity contribution in [1.82, 2.24) is 4.57 Å². The number of nitrogens with zero attached hydrogens (tertiary/aromatic N) is 2. The first-order valence-corrected chi connectivity index (χ1v) is 11.2. The minimum Gasteiger partial charge on any atom is -0.284 e. The summed E-state index contributed by atoms with van der Waals surface area (Å²) in [7, 11) is 0. The zero-order valence-electron chi connectivity index (χ0n) is 19.9. The molecule has 33 heavy (non-hydrogen) atoms. The molecule has 4 heteroatoms. The number of benzene rings is 3. The Labute approximate surface area is 194 Å². The second-order valence-electron chi connectivity index (χ2n) is 9.25. The predicted octanol–water partition coefficient (Wildman–Crippen LogP) is 5.38. The molecule has 4 nitrogen and oxygen atoms in total. The molecule has 0 unspecified atom stereocenters. The summed E-state index contributed by atoms with van der Waals surface area (Å²) in [5.74, 6) is -0.249. The van der Waals surface area contributed by atoms with E-state index in [1.807, 2.05) is 27.6 Å². The number of aromatic nitrogens is 2. The van der Waals surface area contributed by atoms with Crippen LogP contribution in [0.4, 0.5) is 0 Å². The van der Waals surface area contributed by atoms with Crippen LogP contribution in [-0.2, 0) is 0 Å². The van der Waals surface area contributed by atoms with Crippen LogP contribution in [0.3, 0.4) is 0 Å². The monoisotopic (exact) mass is 435 g/mol. The molecule has 1 aliphatic rings. The van der Waals surface area contributed by atoms with Crippen molar-refractivity contribution >= 4 is 11.6 Å². The SMILES string of the molecule is Cc1cc(C)c(-n2c[n+](-c3c(C)cc(C)cc3C)c3c2C(=O)c2ccccc2C3=O)c(C)c1. The average molecular weight is 436 g/mol. The van der Waals surface area contributed by atoms with E-state index in [-0.39, 0.29) is 11.6 Å². The van der Waals surface area contributed by atoms with Gasteiger partial charge in [-0.3, -0.25) is 9.59 Å². The molecule has 0 bridgehead atoms. The number of imidazole rings is 1. The largest absolute Gasteiger partial charge is 0.284 e. The van der Waals surface area contributed by atoms with Crippen molar-refractivity contribution < 1.29 is 14.2 Å². The fraction of sp³-hybridized carbons (Fsp3) is 0.207. The van der Waals surface area contributed by atoms with Crippen LogP contribution >= 0.6 is 0 Å². The normalized spacial score (nSPS) is 12.7. The molecule has 1 heterocycles. The minimum absolute atomic E-state index is 0.124. The van der Waals surface area contributed by atoms with Crippen molar-refractivity contribution in [3.05, 3.63) is 111 Å². The van der Waals surface area contributed by atoms with Gasteiger partial charge < -0.3 is 0 Å². The van der Waals surface area contributed by atoms with Crippen molar-refractivity contribution in [2.75, 3.05) is 0 Å². The molecule has 0 atom stereocenters. The predicted molar refractivity (Wildman–Crippen MR) is 129 cm³/mol. The number of carbonyl (C=O) groups excluding carboxylic acids is 2. The summed E-state index contributed by atoms with van der Waals surface area (Å²) in [5.41, 5.74) is 10.2. The van der Waals surface area contributed by atoms with Gasteiger partial charge in [0.05, 0.1) is 0 Å². The van der Waals surface area contributed by atoms with E-state index >= 15 is 0 Å². The van der Waals surface area contributed by atoms with Crippen LogP contribution in [-0.4, -0.2) is 16.1 Å². The van der Waals surface area contributed by atoms with E-state index in [9.17, 15) is 9.59 Å². The first kappa shape index (κ1) is 21.1. The molecule has 0 saturated heterocycles. The number of carbonyl (C=O) groups is 2.